The van der Waals surface area contributed by atoms with Crippen molar-refractivity contribution in [3.8, 4) is 11.5 Å². The second kappa shape index (κ2) is 4.79. The van der Waals surface area contributed by atoms with Gasteiger partial charge < -0.3 is 9.63 Å². The maximum absolute atomic E-state index is 12.3. The molecule has 10 heteroatoms. The normalized spacial score (nSPS) is 11.4. The molecular weight excluding hydrogens is 281 g/mol. The topological polar surface area (TPSA) is 101 Å². The Balaban J connectivity index is 2.32. The second-order valence-electron chi connectivity index (χ2n) is 3.74. The lowest BCUT2D eigenvalue weighted by Crippen LogP contribution is -2.09. The smallest absolute Gasteiger partial charge is 0.465 e. The van der Waals surface area contributed by atoms with Gasteiger partial charge in [-0.2, -0.15) is 18.2 Å². The standard InChI is InChI=1S/C10H7F3N4O3/c1-4-2-5(14-3-6(4)15-9(18)19)7-16-8(20-17-7)10(11,12)13/h2-3,15H,1H3,(H,18,19). The van der Waals surface area contributed by atoms with E-state index in [0.29, 0.717) is 5.56 Å². The van der Waals surface area contributed by atoms with Gasteiger partial charge in [0, 0.05) is 0 Å². The lowest BCUT2D eigenvalue weighted by atomic mass is 10.2. The van der Waals surface area contributed by atoms with Crippen LogP contribution in [0.4, 0.5) is 23.7 Å². The molecule has 2 heterocycles. The molecule has 0 spiro atoms. The number of anilines is 1. The number of nitrogens with one attached hydrogen (secondary N) is 1. The van der Waals surface area contributed by atoms with Gasteiger partial charge in [-0.25, -0.2) is 4.79 Å². The molecule has 2 aromatic heterocycles. The number of aryl methyl sites for hydroxylation is 1. The minimum absolute atomic E-state index is 0.0395. The fourth-order valence-electron chi connectivity index (χ4n) is 1.37. The number of hydrogen-bond donors (Lipinski definition) is 2. The van der Waals surface area contributed by atoms with Crippen LogP contribution in [0.1, 0.15) is 11.5 Å². The van der Waals surface area contributed by atoms with E-state index in [-0.39, 0.29) is 17.2 Å². The molecule has 0 saturated heterocycles. The first-order valence-corrected chi connectivity index (χ1v) is 5.15. The van der Waals surface area contributed by atoms with Crippen LogP contribution in [0.25, 0.3) is 11.5 Å². The van der Waals surface area contributed by atoms with Crippen LogP contribution in [0.5, 0.6) is 0 Å². The lowest BCUT2D eigenvalue weighted by molar-refractivity contribution is -0.159. The highest BCUT2D eigenvalue weighted by Crippen LogP contribution is 2.29. The van der Waals surface area contributed by atoms with Crippen molar-refractivity contribution in [3.05, 3.63) is 23.7 Å². The van der Waals surface area contributed by atoms with Gasteiger partial charge in [0.1, 0.15) is 5.69 Å². The first-order chi connectivity index (χ1) is 9.27. The van der Waals surface area contributed by atoms with Crippen molar-refractivity contribution in [1.82, 2.24) is 15.1 Å². The molecular formula is C10H7F3N4O3. The van der Waals surface area contributed by atoms with Crippen LogP contribution < -0.4 is 5.32 Å². The third kappa shape index (κ3) is 2.84. The molecule has 0 aromatic carbocycles. The van der Waals surface area contributed by atoms with Crippen molar-refractivity contribution < 1.29 is 27.6 Å². The molecule has 2 aromatic rings. The molecule has 7 nitrogen and oxygen atoms in total. The first kappa shape index (κ1) is 13.8. The molecule has 0 bridgehead atoms. The van der Waals surface area contributed by atoms with E-state index in [0.717, 1.165) is 6.20 Å². The van der Waals surface area contributed by atoms with Gasteiger partial charge in [0.15, 0.2) is 0 Å². The number of pyridine rings is 1. The van der Waals surface area contributed by atoms with Gasteiger partial charge in [0.2, 0.25) is 5.82 Å². The Hall–Kier alpha value is -2.65. The van der Waals surface area contributed by atoms with Crippen molar-refractivity contribution >= 4 is 11.8 Å². The summed E-state index contributed by atoms with van der Waals surface area (Å²) in [5.41, 5.74) is 0.703. The van der Waals surface area contributed by atoms with E-state index >= 15 is 0 Å². The number of aromatic nitrogens is 3. The summed E-state index contributed by atoms with van der Waals surface area (Å²) in [4.78, 5) is 17.4. The highest BCUT2D eigenvalue weighted by atomic mass is 19.4. The number of carbonyl (C=O) groups is 1. The Morgan fingerprint density at radius 3 is 2.65 bits per heavy atom. The third-order valence-electron chi connectivity index (χ3n) is 2.25. The molecule has 1 amide bonds. The van der Waals surface area contributed by atoms with Crippen molar-refractivity contribution in [2.75, 3.05) is 5.32 Å². The Morgan fingerprint density at radius 2 is 2.15 bits per heavy atom. The van der Waals surface area contributed by atoms with E-state index < -0.39 is 18.2 Å². The zero-order valence-corrected chi connectivity index (χ0v) is 9.89. The minimum Gasteiger partial charge on any atom is -0.465 e. The van der Waals surface area contributed by atoms with E-state index in [1.165, 1.54) is 6.07 Å². The van der Waals surface area contributed by atoms with E-state index in [2.05, 4.69) is 25.0 Å². The zero-order chi connectivity index (χ0) is 14.9. The van der Waals surface area contributed by atoms with Crippen LogP contribution in [0.3, 0.4) is 0 Å². The number of hydrogen-bond acceptors (Lipinski definition) is 5. The van der Waals surface area contributed by atoms with Crippen LogP contribution in [-0.2, 0) is 6.18 Å². The Bertz CT molecular complexity index is 653. The average molecular weight is 288 g/mol. The number of halogens is 3. The van der Waals surface area contributed by atoms with Crippen LogP contribution in [-0.4, -0.2) is 26.3 Å². The van der Waals surface area contributed by atoms with Gasteiger partial charge >= 0.3 is 18.2 Å². The summed E-state index contributed by atoms with van der Waals surface area (Å²) < 4.78 is 41.0. The molecule has 106 valence electrons. The quantitative estimate of drug-likeness (QED) is 0.880. The Kier molecular flexibility index (Phi) is 3.30. The predicted molar refractivity (Wildman–Crippen MR) is 58.9 cm³/mol. The summed E-state index contributed by atoms with van der Waals surface area (Å²) in [5, 5.41) is 13.8. The Labute approximate surface area is 109 Å². The minimum atomic E-state index is -4.73. The molecule has 20 heavy (non-hydrogen) atoms. The summed E-state index contributed by atoms with van der Waals surface area (Å²) in [6, 6.07) is 1.34. The van der Waals surface area contributed by atoms with Gasteiger partial charge in [-0.1, -0.05) is 5.16 Å². The molecule has 0 aliphatic rings. The highest BCUT2D eigenvalue weighted by molar-refractivity contribution is 5.84. The van der Waals surface area contributed by atoms with Gasteiger partial charge in [0.05, 0.1) is 11.9 Å². The van der Waals surface area contributed by atoms with Gasteiger partial charge in [0.25, 0.3) is 0 Å². The van der Waals surface area contributed by atoms with Crippen LogP contribution in [0, 0.1) is 6.92 Å². The lowest BCUT2D eigenvalue weighted by Gasteiger charge is -2.05. The molecule has 0 fully saturated rings. The summed E-state index contributed by atoms with van der Waals surface area (Å²) in [6.45, 7) is 1.56. The summed E-state index contributed by atoms with van der Waals surface area (Å²) >= 11 is 0. The maximum Gasteiger partial charge on any atom is 0.471 e. The van der Waals surface area contributed by atoms with Crippen molar-refractivity contribution in [2.24, 2.45) is 0 Å². The van der Waals surface area contributed by atoms with Crippen molar-refractivity contribution in [2.45, 2.75) is 13.1 Å². The fourth-order valence-corrected chi connectivity index (χ4v) is 1.37. The molecule has 0 atom stereocenters. The molecule has 0 unspecified atom stereocenters. The molecule has 2 rings (SSSR count). The summed E-state index contributed by atoms with van der Waals surface area (Å²) in [5.74, 6) is -1.80. The first-order valence-electron chi connectivity index (χ1n) is 5.15. The van der Waals surface area contributed by atoms with Gasteiger partial charge in [-0.15, -0.1) is 0 Å². The summed E-state index contributed by atoms with van der Waals surface area (Å²) in [7, 11) is 0. The maximum atomic E-state index is 12.3. The predicted octanol–water partition coefficient (Wildman–Crippen LogP) is 2.55. The Morgan fingerprint density at radius 1 is 1.45 bits per heavy atom. The SMILES string of the molecule is Cc1cc(-c2noc(C(F)(F)F)n2)ncc1NC(=O)O. The largest absolute Gasteiger partial charge is 0.471 e. The van der Waals surface area contributed by atoms with Crippen LogP contribution in [0.2, 0.25) is 0 Å². The molecule has 0 aliphatic heterocycles. The van der Waals surface area contributed by atoms with Gasteiger partial charge in [-0.05, 0) is 18.6 Å². The van der Waals surface area contributed by atoms with Crippen LogP contribution >= 0.6 is 0 Å². The summed E-state index contributed by atoms with van der Waals surface area (Å²) in [6.07, 6.45) is -4.85. The van der Waals surface area contributed by atoms with Crippen LogP contribution in [0.15, 0.2) is 16.8 Å². The van der Waals surface area contributed by atoms with E-state index in [1.54, 1.807) is 6.92 Å². The number of alkyl halides is 3. The monoisotopic (exact) mass is 288 g/mol. The second-order valence-corrected chi connectivity index (χ2v) is 3.74. The van der Waals surface area contributed by atoms with E-state index in [9.17, 15) is 18.0 Å². The number of rotatable bonds is 2. The third-order valence-corrected chi connectivity index (χ3v) is 2.25. The van der Waals surface area contributed by atoms with Crippen molar-refractivity contribution in [3.63, 3.8) is 0 Å². The van der Waals surface area contributed by atoms with Crippen molar-refractivity contribution in [1.29, 1.82) is 0 Å². The molecule has 2 N–H and O–H groups in total. The zero-order valence-electron chi connectivity index (χ0n) is 9.89. The molecule has 0 radical (unpaired) electrons. The number of amides is 1. The highest BCUT2D eigenvalue weighted by Gasteiger charge is 2.38. The number of nitrogens with zero attached hydrogens (tertiary/aromatic N) is 3. The average Bonchev–Trinajstić information content (AvgIpc) is 2.80. The molecule has 0 saturated carbocycles. The fraction of sp³-hybridized carbons (Fsp3) is 0.200. The van der Waals surface area contributed by atoms with E-state index in [1.807, 2.05) is 0 Å². The van der Waals surface area contributed by atoms with E-state index in [4.69, 9.17) is 5.11 Å². The molecule has 0 aliphatic carbocycles. The van der Waals surface area contributed by atoms with Gasteiger partial charge in [-0.3, -0.25) is 10.3 Å². The number of carboxylic acid groups (broad SMARTS) is 1.